The molecule has 1 heterocycles. The van der Waals surface area contributed by atoms with Crippen LogP contribution in [-0.4, -0.2) is 15.3 Å². The van der Waals surface area contributed by atoms with E-state index in [1.54, 1.807) is 24.3 Å². The fourth-order valence-corrected chi connectivity index (χ4v) is 2.59. The largest absolute Gasteiger partial charge is 0.508 e. The maximum atomic E-state index is 9.38. The predicted molar refractivity (Wildman–Crippen MR) is 92.3 cm³/mol. The summed E-state index contributed by atoms with van der Waals surface area (Å²) >= 11 is 0. The first kappa shape index (κ1) is 14.2. The van der Waals surface area contributed by atoms with Crippen molar-refractivity contribution in [3.05, 3.63) is 78.9 Å². The third kappa shape index (κ3) is 2.65. The van der Waals surface area contributed by atoms with Crippen LogP contribution < -0.4 is 0 Å². The summed E-state index contributed by atoms with van der Waals surface area (Å²) in [4.78, 5) is 0. The first-order chi connectivity index (χ1) is 11.8. The molecule has 1 aromatic heterocycles. The Bertz CT molecular complexity index is 960. The topological polar surface area (TPSA) is 59.2 Å². The summed E-state index contributed by atoms with van der Waals surface area (Å²) in [5.41, 5.74) is 3.79. The molecule has 0 unspecified atom stereocenters. The van der Waals surface area contributed by atoms with Crippen LogP contribution in [0.2, 0.25) is 0 Å². The van der Waals surface area contributed by atoms with Crippen LogP contribution in [0, 0.1) is 0 Å². The lowest BCUT2D eigenvalue weighted by Crippen LogP contribution is -1.84. The summed E-state index contributed by atoms with van der Waals surface area (Å²) in [6.45, 7) is 0. The van der Waals surface area contributed by atoms with Crippen LogP contribution in [0.4, 0.5) is 0 Å². The van der Waals surface area contributed by atoms with Gasteiger partial charge in [0.25, 0.3) is 0 Å². The smallest absolute Gasteiger partial charge is 0.248 e. The van der Waals surface area contributed by atoms with Gasteiger partial charge in [-0.1, -0.05) is 48.5 Å². The van der Waals surface area contributed by atoms with Gasteiger partial charge in [-0.2, -0.15) is 0 Å². The molecule has 0 spiro atoms. The molecule has 4 aromatic rings. The molecule has 0 saturated heterocycles. The lowest BCUT2D eigenvalue weighted by atomic mass is 10.00. The second-order valence-electron chi connectivity index (χ2n) is 5.37. The van der Waals surface area contributed by atoms with E-state index in [0.29, 0.717) is 11.8 Å². The summed E-state index contributed by atoms with van der Waals surface area (Å²) in [5, 5.41) is 17.7. The minimum atomic E-state index is 0.202. The van der Waals surface area contributed by atoms with Crippen molar-refractivity contribution in [2.75, 3.05) is 0 Å². The number of nitrogens with zero attached hydrogens (tertiary/aromatic N) is 2. The van der Waals surface area contributed by atoms with Crippen LogP contribution >= 0.6 is 0 Å². The lowest BCUT2D eigenvalue weighted by molar-refractivity contribution is 0.475. The third-order valence-corrected chi connectivity index (χ3v) is 3.78. The molecule has 4 nitrogen and oxygen atoms in total. The van der Waals surface area contributed by atoms with Crippen molar-refractivity contribution in [1.29, 1.82) is 0 Å². The van der Waals surface area contributed by atoms with E-state index < -0.39 is 0 Å². The zero-order valence-corrected chi connectivity index (χ0v) is 12.8. The quantitative estimate of drug-likeness (QED) is 0.591. The fraction of sp³-hybridized carbons (Fsp3) is 0. The summed E-state index contributed by atoms with van der Waals surface area (Å²) in [7, 11) is 0. The number of phenolic OH excluding ortho intramolecular Hbond substituents is 1. The van der Waals surface area contributed by atoms with Crippen LogP contribution in [0.25, 0.3) is 34.0 Å². The number of rotatable bonds is 3. The van der Waals surface area contributed by atoms with E-state index in [1.165, 1.54) is 0 Å². The van der Waals surface area contributed by atoms with Gasteiger partial charge in [-0.25, -0.2) is 0 Å². The first-order valence-electron chi connectivity index (χ1n) is 7.59. The van der Waals surface area contributed by atoms with Crippen molar-refractivity contribution < 1.29 is 9.52 Å². The Kier molecular flexibility index (Phi) is 3.56. The van der Waals surface area contributed by atoms with E-state index in [9.17, 15) is 5.11 Å². The van der Waals surface area contributed by atoms with Gasteiger partial charge in [0, 0.05) is 11.1 Å². The molecule has 0 aliphatic carbocycles. The van der Waals surface area contributed by atoms with E-state index in [1.807, 2.05) is 42.5 Å². The monoisotopic (exact) mass is 314 g/mol. The molecule has 0 fully saturated rings. The summed E-state index contributed by atoms with van der Waals surface area (Å²) in [6, 6.07) is 24.7. The van der Waals surface area contributed by atoms with Crippen molar-refractivity contribution in [1.82, 2.24) is 10.2 Å². The fourth-order valence-electron chi connectivity index (χ4n) is 2.59. The van der Waals surface area contributed by atoms with Gasteiger partial charge in [0.15, 0.2) is 0 Å². The molecule has 3 aromatic carbocycles. The molecule has 24 heavy (non-hydrogen) atoms. The number of hydrogen-bond donors (Lipinski definition) is 1. The third-order valence-electron chi connectivity index (χ3n) is 3.78. The molecular formula is C20H14N2O2. The zero-order valence-electron chi connectivity index (χ0n) is 12.8. The molecule has 0 aliphatic heterocycles. The van der Waals surface area contributed by atoms with Crippen LogP contribution in [0.3, 0.4) is 0 Å². The SMILES string of the molecule is Oc1ccc(-c2nnc(-c3ccccc3-c3ccccc3)o2)cc1. The minimum Gasteiger partial charge on any atom is -0.508 e. The van der Waals surface area contributed by atoms with Gasteiger partial charge in [-0.3, -0.25) is 0 Å². The van der Waals surface area contributed by atoms with Gasteiger partial charge in [0.1, 0.15) is 5.75 Å². The van der Waals surface area contributed by atoms with Crippen LogP contribution in [0.1, 0.15) is 0 Å². The highest BCUT2D eigenvalue weighted by atomic mass is 16.4. The number of benzene rings is 3. The number of hydrogen-bond acceptors (Lipinski definition) is 4. The van der Waals surface area contributed by atoms with Gasteiger partial charge in [0.2, 0.25) is 11.8 Å². The summed E-state index contributed by atoms with van der Waals surface area (Å²) < 4.78 is 5.85. The highest BCUT2D eigenvalue weighted by Crippen LogP contribution is 2.32. The second kappa shape index (κ2) is 6.01. The molecule has 4 rings (SSSR count). The van der Waals surface area contributed by atoms with Crippen molar-refractivity contribution in [2.45, 2.75) is 0 Å². The average molecular weight is 314 g/mol. The number of phenols is 1. The first-order valence-corrected chi connectivity index (χ1v) is 7.59. The maximum absolute atomic E-state index is 9.38. The Morgan fingerprint density at radius 2 is 1.21 bits per heavy atom. The second-order valence-corrected chi connectivity index (χ2v) is 5.37. The lowest BCUT2D eigenvalue weighted by Gasteiger charge is -2.06. The van der Waals surface area contributed by atoms with Crippen molar-refractivity contribution in [2.24, 2.45) is 0 Å². The molecule has 116 valence electrons. The summed E-state index contributed by atoms with van der Waals surface area (Å²) in [6.07, 6.45) is 0. The highest BCUT2D eigenvalue weighted by Gasteiger charge is 2.14. The van der Waals surface area contributed by atoms with E-state index in [4.69, 9.17) is 4.42 Å². The van der Waals surface area contributed by atoms with Crippen LogP contribution in [0.15, 0.2) is 83.3 Å². The minimum absolute atomic E-state index is 0.202. The molecule has 0 atom stereocenters. The normalized spacial score (nSPS) is 10.7. The van der Waals surface area contributed by atoms with E-state index in [0.717, 1.165) is 22.3 Å². The van der Waals surface area contributed by atoms with E-state index in [2.05, 4.69) is 22.3 Å². The Labute approximate surface area is 139 Å². The van der Waals surface area contributed by atoms with Gasteiger partial charge in [0.05, 0.1) is 0 Å². The van der Waals surface area contributed by atoms with Crippen molar-refractivity contribution in [3.63, 3.8) is 0 Å². The van der Waals surface area contributed by atoms with Gasteiger partial charge >= 0.3 is 0 Å². The maximum Gasteiger partial charge on any atom is 0.248 e. The van der Waals surface area contributed by atoms with E-state index >= 15 is 0 Å². The van der Waals surface area contributed by atoms with Crippen molar-refractivity contribution >= 4 is 0 Å². The van der Waals surface area contributed by atoms with Crippen LogP contribution in [0.5, 0.6) is 5.75 Å². The molecule has 0 saturated carbocycles. The zero-order chi connectivity index (χ0) is 16.4. The van der Waals surface area contributed by atoms with E-state index in [-0.39, 0.29) is 5.75 Å². The molecular weight excluding hydrogens is 300 g/mol. The van der Waals surface area contributed by atoms with Crippen molar-refractivity contribution in [3.8, 4) is 39.8 Å². The Morgan fingerprint density at radius 1 is 0.583 bits per heavy atom. The Morgan fingerprint density at radius 3 is 1.96 bits per heavy atom. The van der Waals surface area contributed by atoms with Gasteiger partial charge in [-0.05, 0) is 41.5 Å². The van der Waals surface area contributed by atoms with Gasteiger partial charge in [-0.15, -0.1) is 10.2 Å². The summed E-state index contributed by atoms with van der Waals surface area (Å²) in [5.74, 6) is 1.10. The Balaban J connectivity index is 1.77. The molecule has 4 heteroatoms. The molecule has 0 amide bonds. The molecule has 0 radical (unpaired) electrons. The molecule has 1 N–H and O–H groups in total. The Hall–Kier alpha value is -3.40. The van der Waals surface area contributed by atoms with Gasteiger partial charge < -0.3 is 9.52 Å². The molecule has 0 aliphatic rings. The predicted octanol–water partition coefficient (Wildman–Crippen LogP) is 4.78. The number of aromatic nitrogens is 2. The average Bonchev–Trinajstić information content (AvgIpc) is 3.13. The number of aromatic hydroxyl groups is 1. The standard InChI is InChI=1S/C20H14N2O2/c23-16-12-10-15(11-13-16)19-21-22-20(24-19)18-9-5-4-8-17(18)14-6-2-1-3-7-14/h1-13,23H. The highest BCUT2D eigenvalue weighted by molar-refractivity contribution is 5.80. The molecule has 0 bridgehead atoms. The van der Waals surface area contributed by atoms with Crippen LogP contribution in [-0.2, 0) is 0 Å².